The smallest absolute Gasteiger partial charge is 0.406 e. The van der Waals surface area contributed by atoms with Gasteiger partial charge >= 0.3 is 6.36 Å². The maximum atomic E-state index is 15.4. The molecule has 0 bridgehead atoms. The van der Waals surface area contributed by atoms with Gasteiger partial charge in [0, 0.05) is 6.42 Å². The van der Waals surface area contributed by atoms with Gasteiger partial charge < -0.3 is 9.47 Å². The zero-order valence-corrected chi connectivity index (χ0v) is 20.9. The van der Waals surface area contributed by atoms with Gasteiger partial charge in [0.05, 0.1) is 10.7 Å². The zero-order chi connectivity index (χ0) is 28.5. The van der Waals surface area contributed by atoms with Crippen LogP contribution in [-0.2, 0) is 11.3 Å². The first kappa shape index (κ1) is 23.5. The number of hydrogen-bond donors (Lipinski definition) is 0. The van der Waals surface area contributed by atoms with E-state index in [0.29, 0.717) is 17.4 Å². The molecule has 7 heteroatoms. The van der Waals surface area contributed by atoms with Gasteiger partial charge in [-0.1, -0.05) is 56.4 Å². The molecular formula is C29H39F5O2. The average Bonchev–Trinajstić information content (AvgIpc) is 2.87. The number of rotatable bonds is 8. The third-order valence-corrected chi connectivity index (χ3v) is 8.23. The van der Waals surface area contributed by atoms with Crippen molar-refractivity contribution in [2.24, 2.45) is 23.7 Å². The summed E-state index contributed by atoms with van der Waals surface area (Å²) in [5, 5.41) is 0. The summed E-state index contributed by atoms with van der Waals surface area (Å²) < 4.78 is 102. The topological polar surface area (TPSA) is 18.5 Å². The molecule has 1 aromatic rings. The summed E-state index contributed by atoms with van der Waals surface area (Å²) in [7, 11) is 0. The minimum absolute atomic E-state index is 0.0959. The summed E-state index contributed by atoms with van der Waals surface area (Å²) in [4.78, 5) is 0. The fourth-order valence-electron chi connectivity index (χ4n) is 6.31. The molecule has 202 valence electrons. The summed E-state index contributed by atoms with van der Waals surface area (Å²) in [6.07, 6.45) is -3.03. The molecule has 3 unspecified atom stereocenters. The van der Waals surface area contributed by atoms with Crippen LogP contribution in [0.15, 0.2) is 35.9 Å². The van der Waals surface area contributed by atoms with Crippen molar-refractivity contribution in [3.63, 3.8) is 0 Å². The van der Waals surface area contributed by atoms with Crippen LogP contribution in [0, 0.1) is 23.7 Å². The highest BCUT2D eigenvalue weighted by atomic mass is 19.4. The van der Waals surface area contributed by atoms with E-state index in [1.54, 1.807) is 0 Å². The van der Waals surface area contributed by atoms with E-state index in [-0.39, 0.29) is 11.5 Å². The van der Waals surface area contributed by atoms with Crippen LogP contribution in [-0.4, -0.2) is 24.7 Å². The maximum absolute atomic E-state index is 15.4. The Morgan fingerprint density at radius 2 is 1.53 bits per heavy atom. The van der Waals surface area contributed by atoms with E-state index >= 15 is 8.78 Å². The SMILES string of the molecule is [2H]C1(F)CC(C2CCC(C3CCC(CCC)CC3)CC2)=CC([2H])(OCc2ccc(OC(F)(F)F)cc2)C1([2H])F. The standard InChI is InChI=1S/C29H39F5O2/c1-2-3-19-4-8-21(9-5-19)22-10-12-23(13-11-22)24-16-26(30)28(31)27(17-24)35-18-20-6-14-25(15-7-20)36-29(32,33)34/h6-7,14-15,17,19,21-23,26-28H,2-5,8-13,16,18H2,1H3/i26D,27D,28D. The van der Waals surface area contributed by atoms with E-state index in [1.165, 1.54) is 56.7 Å². The summed E-state index contributed by atoms with van der Waals surface area (Å²) in [6.45, 7) is 1.78. The third-order valence-electron chi connectivity index (χ3n) is 8.23. The Morgan fingerprint density at radius 1 is 0.917 bits per heavy atom. The van der Waals surface area contributed by atoms with Crippen LogP contribution in [0.4, 0.5) is 22.0 Å². The summed E-state index contributed by atoms with van der Waals surface area (Å²) in [5.74, 6) is 1.60. The minimum Gasteiger partial charge on any atom is -0.406 e. The lowest BCUT2D eigenvalue weighted by atomic mass is 9.67. The Hall–Kier alpha value is -1.63. The van der Waals surface area contributed by atoms with Crippen molar-refractivity contribution in [2.45, 2.75) is 109 Å². The molecule has 2 nitrogen and oxygen atoms in total. The second kappa shape index (κ2) is 12.3. The van der Waals surface area contributed by atoms with Gasteiger partial charge in [0.1, 0.15) is 18.0 Å². The van der Waals surface area contributed by atoms with Crippen LogP contribution in [0.1, 0.15) is 87.2 Å². The van der Waals surface area contributed by atoms with Gasteiger partial charge in [-0.3, -0.25) is 0 Å². The third kappa shape index (κ3) is 7.45. The van der Waals surface area contributed by atoms with Gasteiger partial charge in [-0.25, -0.2) is 8.78 Å². The molecule has 0 aliphatic heterocycles. The van der Waals surface area contributed by atoms with Crippen molar-refractivity contribution >= 4 is 0 Å². The van der Waals surface area contributed by atoms with E-state index in [9.17, 15) is 13.2 Å². The highest BCUT2D eigenvalue weighted by molar-refractivity contribution is 5.27. The van der Waals surface area contributed by atoms with Crippen LogP contribution in [0.3, 0.4) is 0 Å². The quantitative estimate of drug-likeness (QED) is 0.253. The monoisotopic (exact) mass is 517 g/mol. The molecule has 0 heterocycles. The van der Waals surface area contributed by atoms with E-state index in [1.807, 2.05) is 0 Å². The molecule has 4 rings (SSSR count). The van der Waals surface area contributed by atoms with Crippen LogP contribution < -0.4 is 4.74 Å². The predicted octanol–water partition coefficient (Wildman–Crippen LogP) is 8.89. The summed E-state index contributed by atoms with van der Waals surface area (Å²) in [6, 6.07) is 4.60. The lowest BCUT2D eigenvalue weighted by Gasteiger charge is -2.39. The summed E-state index contributed by atoms with van der Waals surface area (Å²) in [5.41, 5.74) is 0.734. The number of hydrogen-bond acceptors (Lipinski definition) is 2. The Morgan fingerprint density at radius 3 is 2.11 bits per heavy atom. The summed E-state index contributed by atoms with van der Waals surface area (Å²) >= 11 is 0. The van der Waals surface area contributed by atoms with E-state index in [0.717, 1.165) is 43.7 Å². The molecule has 2 fully saturated rings. The van der Waals surface area contributed by atoms with Gasteiger partial charge in [0.15, 0.2) is 6.15 Å². The maximum Gasteiger partial charge on any atom is 0.573 e. The lowest BCUT2D eigenvalue weighted by Crippen LogP contribution is -2.37. The highest BCUT2D eigenvalue weighted by Crippen LogP contribution is 2.45. The van der Waals surface area contributed by atoms with Crippen molar-refractivity contribution in [3.8, 4) is 5.75 Å². The minimum atomic E-state index is -4.85. The van der Waals surface area contributed by atoms with Gasteiger partial charge in [-0.15, -0.1) is 13.2 Å². The van der Waals surface area contributed by atoms with Gasteiger partial charge in [-0.05, 0) is 79.9 Å². The van der Waals surface area contributed by atoms with Gasteiger partial charge in [0.2, 0.25) is 0 Å². The highest BCUT2D eigenvalue weighted by Gasteiger charge is 2.38. The molecule has 3 aliphatic carbocycles. The first-order valence-electron chi connectivity index (χ1n) is 14.8. The molecule has 0 spiro atoms. The molecule has 36 heavy (non-hydrogen) atoms. The number of benzene rings is 1. The molecule has 2 saturated carbocycles. The number of alkyl halides is 5. The first-order valence-corrected chi connectivity index (χ1v) is 13.3. The van der Waals surface area contributed by atoms with Crippen molar-refractivity contribution < 1.29 is 35.5 Å². The average molecular weight is 518 g/mol. The fourth-order valence-corrected chi connectivity index (χ4v) is 6.31. The molecular weight excluding hydrogens is 475 g/mol. The van der Waals surface area contributed by atoms with E-state index in [4.69, 9.17) is 8.85 Å². The first-order chi connectivity index (χ1) is 18.2. The fraction of sp³-hybridized carbons (Fsp3) is 0.724. The van der Waals surface area contributed by atoms with Crippen molar-refractivity contribution in [2.75, 3.05) is 0 Å². The van der Waals surface area contributed by atoms with Crippen molar-refractivity contribution in [1.29, 1.82) is 0 Å². The molecule has 0 radical (unpaired) electrons. The molecule has 1 aromatic carbocycles. The molecule has 0 saturated heterocycles. The van der Waals surface area contributed by atoms with Crippen molar-refractivity contribution in [3.05, 3.63) is 41.5 Å². The Kier molecular flexibility index (Phi) is 8.01. The van der Waals surface area contributed by atoms with E-state index < -0.39 is 43.5 Å². The predicted molar refractivity (Wildman–Crippen MR) is 130 cm³/mol. The number of ether oxygens (including phenoxy) is 2. The Balaban J connectivity index is 1.41. The second-order valence-electron chi connectivity index (χ2n) is 10.6. The largest absolute Gasteiger partial charge is 0.573 e. The van der Waals surface area contributed by atoms with E-state index in [2.05, 4.69) is 11.7 Å². The lowest BCUT2D eigenvalue weighted by molar-refractivity contribution is -0.274. The van der Waals surface area contributed by atoms with Crippen molar-refractivity contribution in [1.82, 2.24) is 0 Å². The van der Waals surface area contributed by atoms with Crippen LogP contribution in [0.25, 0.3) is 0 Å². The molecule has 0 aromatic heterocycles. The Bertz CT molecular complexity index is 982. The number of allylic oxidation sites excluding steroid dienone is 1. The zero-order valence-electron chi connectivity index (χ0n) is 23.9. The van der Waals surface area contributed by atoms with Crippen LogP contribution in [0.2, 0.25) is 0 Å². The van der Waals surface area contributed by atoms with Crippen LogP contribution >= 0.6 is 0 Å². The molecule has 0 N–H and O–H groups in total. The normalized spacial score (nSPS) is 41.1. The van der Waals surface area contributed by atoms with Gasteiger partial charge in [-0.2, -0.15) is 0 Å². The Labute approximate surface area is 215 Å². The number of halogens is 5. The van der Waals surface area contributed by atoms with Gasteiger partial charge in [0.25, 0.3) is 0 Å². The second-order valence-corrected chi connectivity index (χ2v) is 10.6. The molecule has 3 aliphatic rings. The van der Waals surface area contributed by atoms with Crippen LogP contribution in [0.5, 0.6) is 5.75 Å². The molecule has 3 atom stereocenters. The molecule has 0 amide bonds.